The Labute approximate surface area is 174 Å². The van der Waals surface area contributed by atoms with Crippen molar-refractivity contribution in [2.75, 3.05) is 47.5 Å². The lowest BCUT2D eigenvalue weighted by Gasteiger charge is -2.27. The van der Waals surface area contributed by atoms with Crippen LogP contribution in [0, 0.1) is 6.92 Å². The molecule has 0 bridgehead atoms. The molecule has 1 saturated heterocycles. The summed E-state index contributed by atoms with van der Waals surface area (Å²) in [5, 5.41) is 2.68. The van der Waals surface area contributed by atoms with Crippen molar-refractivity contribution in [1.29, 1.82) is 0 Å². The van der Waals surface area contributed by atoms with E-state index >= 15 is 0 Å². The fourth-order valence-electron chi connectivity index (χ4n) is 3.15. The number of carbonyl (C=O) groups is 1. The maximum atomic E-state index is 12.5. The fourth-order valence-corrected chi connectivity index (χ4v) is 3.72. The topological polar surface area (TPSA) is 133 Å². The fraction of sp³-hybridized carbons (Fsp3) is 0.421. The van der Waals surface area contributed by atoms with E-state index in [1.165, 1.54) is 0 Å². The number of carbonyl (C=O) groups excluding carboxylic acids is 1. The SMILES string of the molecule is Cc1nc(N2CCOCC2)[nH]c(=O)c1CCC(=O)Nc1ccccc1NS(C)(=O)=O. The first kappa shape index (κ1) is 21.8. The summed E-state index contributed by atoms with van der Waals surface area (Å²) in [6, 6.07) is 6.50. The summed E-state index contributed by atoms with van der Waals surface area (Å²) in [4.78, 5) is 34.1. The van der Waals surface area contributed by atoms with Gasteiger partial charge in [-0.3, -0.25) is 19.3 Å². The Hall–Kier alpha value is -2.92. The van der Waals surface area contributed by atoms with E-state index in [4.69, 9.17) is 4.74 Å². The van der Waals surface area contributed by atoms with Gasteiger partial charge in [0.2, 0.25) is 21.9 Å². The van der Waals surface area contributed by atoms with Crippen molar-refractivity contribution in [1.82, 2.24) is 9.97 Å². The number of amides is 1. The minimum Gasteiger partial charge on any atom is -0.378 e. The predicted molar refractivity (Wildman–Crippen MR) is 114 cm³/mol. The van der Waals surface area contributed by atoms with Crippen molar-refractivity contribution in [3.8, 4) is 0 Å². The molecule has 162 valence electrons. The molecule has 1 amide bonds. The minimum atomic E-state index is -3.48. The van der Waals surface area contributed by atoms with Crippen molar-refractivity contribution >= 4 is 33.3 Å². The highest BCUT2D eigenvalue weighted by Gasteiger charge is 2.17. The summed E-state index contributed by atoms with van der Waals surface area (Å²) in [5.41, 5.74) is 1.38. The predicted octanol–water partition coefficient (Wildman–Crippen LogP) is 0.858. The number of anilines is 3. The van der Waals surface area contributed by atoms with Gasteiger partial charge < -0.3 is 15.0 Å². The Balaban J connectivity index is 1.66. The van der Waals surface area contributed by atoms with Crippen LogP contribution in [0.2, 0.25) is 0 Å². The summed E-state index contributed by atoms with van der Waals surface area (Å²) in [6.45, 7) is 4.23. The highest BCUT2D eigenvalue weighted by Crippen LogP contribution is 2.22. The van der Waals surface area contributed by atoms with E-state index in [0.29, 0.717) is 49.2 Å². The Kier molecular flexibility index (Phi) is 6.73. The normalized spacial score (nSPS) is 14.4. The zero-order chi connectivity index (χ0) is 21.7. The maximum absolute atomic E-state index is 12.5. The van der Waals surface area contributed by atoms with Gasteiger partial charge in [0, 0.05) is 30.8 Å². The van der Waals surface area contributed by atoms with Gasteiger partial charge in [0.1, 0.15) is 0 Å². The van der Waals surface area contributed by atoms with Gasteiger partial charge in [-0.15, -0.1) is 0 Å². The number of aromatic amines is 1. The second kappa shape index (κ2) is 9.26. The molecule has 1 aromatic carbocycles. The molecule has 10 nitrogen and oxygen atoms in total. The number of morpholine rings is 1. The average Bonchev–Trinajstić information content (AvgIpc) is 2.68. The van der Waals surface area contributed by atoms with Gasteiger partial charge in [-0.2, -0.15) is 0 Å². The van der Waals surface area contributed by atoms with Crippen molar-refractivity contribution in [2.45, 2.75) is 19.8 Å². The van der Waals surface area contributed by atoms with E-state index < -0.39 is 10.0 Å². The largest absolute Gasteiger partial charge is 0.378 e. The zero-order valence-corrected chi connectivity index (χ0v) is 17.7. The number of nitrogens with one attached hydrogen (secondary N) is 3. The second-order valence-electron chi connectivity index (χ2n) is 7.02. The van der Waals surface area contributed by atoms with Crippen LogP contribution in [-0.2, 0) is 26.0 Å². The molecular weight excluding hydrogens is 410 g/mol. The van der Waals surface area contributed by atoms with Crippen LogP contribution in [0.4, 0.5) is 17.3 Å². The molecule has 0 radical (unpaired) electrons. The third-order valence-corrected chi connectivity index (χ3v) is 5.21. The highest BCUT2D eigenvalue weighted by atomic mass is 32.2. The smallest absolute Gasteiger partial charge is 0.255 e. The Bertz CT molecular complexity index is 1080. The number of rotatable bonds is 7. The van der Waals surface area contributed by atoms with Crippen LogP contribution in [0.3, 0.4) is 0 Å². The molecule has 1 fully saturated rings. The van der Waals surface area contributed by atoms with Gasteiger partial charge in [0.05, 0.1) is 30.8 Å². The van der Waals surface area contributed by atoms with Crippen LogP contribution in [0.1, 0.15) is 17.7 Å². The molecule has 3 rings (SSSR count). The van der Waals surface area contributed by atoms with Crippen LogP contribution in [0.5, 0.6) is 0 Å². The van der Waals surface area contributed by atoms with E-state index in [1.807, 2.05) is 4.90 Å². The van der Waals surface area contributed by atoms with Gasteiger partial charge in [0.25, 0.3) is 5.56 Å². The van der Waals surface area contributed by atoms with Gasteiger partial charge in [-0.1, -0.05) is 12.1 Å². The van der Waals surface area contributed by atoms with Crippen LogP contribution >= 0.6 is 0 Å². The summed E-state index contributed by atoms with van der Waals surface area (Å²) in [6.07, 6.45) is 1.30. The quantitative estimate of drug-likeness (QED) is 0.587. The molecule has 0 spiro atoms. The number of H-pyrrole nitrogens is 1. The molecule has 11 heteroatoms. The number of para-hydroxylation sites is 2. The molecule has 0 aliphatic carbocycles. The monoisotopic (exact) mass is 435 g/mol. The third-order valence-electron chi connectivity index (χ3n) is 4.62. The number of ether oxygens (including phenoxy) is 1. The molecule has 0 saturated carbocycles. The molecule has 0 atom stereocenters. The number of aromatic nitrogens is 2. The van der Waals surface area contributed by atoms with Gasteiger partial charge in [-0.25, -0.2) is 13.4 Å². The van der Waals surface area contributed by atoms with Crippen LogP contribution in [-0.4, -0.2) is 56.9 Å². The molecule has 0 unspecified atom stereocenters. The van der Waals surface area contributed by atoms with Crippen molar-refractivity contribution < 1.29 is 17.9 Å². The Morgan fingerprint density at radius 1 is 1.23 bits per heavy atom. The van der Waals surface area contributed by atoms with E-state index in [1.54, 1.807) is 31.2 Å². The van der Waals surface area contributed by atoms with E-state index in [2.05, 4.69) is 20.0 Å². The molecule has 2 aromatic rings. The maximum Gasteiger partial charge on any atom is 0.255 e. The summed E-state index contributed by atoms with van der Waals surface area (Å²) in [7, 11) is -3.48. The molecule has 1 aromatic heterocycles. The number of sulfonamides is 1. The van der Waals surface area contributed by atoms with Crippen LogP contribution in [0.15, 0.2) is 29.1 Å². The number of benzene rings is 1. The number of aryl methyl sites for hydroxylation is 1. The highest BCUT2D eigenvalue weighted by molar-refractivity contribution is 7.92. The van der Waals surface area contributed by atoms with Gasteiger partial charge in [0.15, 0.2) is 0 Å². The molecule has 30 heavy (non-hydrogen) atoms. The summed E-state index contributed by atoms with van der Waals surface area (Å²) in [5.74, 6) is 0.170. The molecular formula is C19H25N5O5S. The van der Waals surface area contributed by atoms with E-state index in [0.717, 1.165) is 6.26 Å². The van der Waals surface area contributed by atoms with Crippen LogP contribution < -0.4 is 20.5 Å². The first-order valence-corrected chi connectivity index (χ1v) is 11.4. The zero-order valence-electron chi connectivity index (χ0n) is 16.9. The number of hydrogen-bond donors (Lipinski definition) is 3. The molecule has 2 heterocycles. The number of hydrogen-bond acceptors (Lipinski definition) is 7. The number of nitrogens with zero attached hydrogens (tertiary/aromatic N) is 2. The summed E-state index contributed by atoms with van der Waals surface area (Å²) < 4.78 is 30.6. The lowest BCUT2D eigenvalue weighted by Crippen LogP contribution is -2.38. The average molecular weight is 436 g/mol. The second-order valence-corrected chi connectivity index (χ2v) is 8.77. The molecule has 1 aliphatic heterocycles. The van der Waals surface area contributed by atoms with Gasteiger partial charge in [-0.05, 0) is 25.5 Å². The summed E-state index contributed by atoms with van der Waals surface area (Å²) >= 11 is 0. The lowest BCUT2D eigenvalue weighted by atomic mass is 10.1. The third kappa shape index (κ3) is 5.80. The van der Waals surface area contributed by atoms with Crippen LogP contribution in [0.25, 0.3) is 0 Å². The minimum absolute atomic E-state index is 0.0513. The van der Waals surface area contributed by atoms with Gasteiger partial charge >= 0.3 is 0 Å². The molecule has 1 aliphatic rings. The lowest BCUT2D eigenvalue weighted by molar-refractivity contribution is -0.116. The van der Waals surface area contributed by atoms with Crippen molar-refractivity contribution in [3.63, 3.8) is 0 Å². The van der Waals surface area contributed by atoms with E-state index in [-0.39, 0.29) is 30.0 Å². The van der Waals surface area contributed by atoms with Crippen molar-refractivity contribution in [3.05, 3.63) is 45.9 Å². The Morgan fingerprint density at radius 2 is 1.90 bits per heavy atom. The molecule has 3 N–H and O–H groups in total. The standard InChI is InChI=1S/C19H25N5O5S/c1-13-14(18(26)22-19(20-13)24-9-11-29-12-10-24)7-8-17(25)21-15-5-3-4-6-16(15)23-30(2,27)28/h3-6,23H,7-12H2,1-2H3,(H,21,25)(H,20,22,26). The first-order chi connectivity index (χ1) is 14.2. The van der Waals surface area contributed by atoms with E-state index in [9.17, 15) is 18.0 Å². The first-order valence-electron chi connectivity index (χ1n) is 9.52. The Morgan fingerprint density at radius 3 is 2.53 bits per heavy atom. The van der Waals surface area contributed by atoms with Crippen molar-refractivity contribution in [2.24, 2.45) is 0 Å².